The van der Waals surface area contributed by atoms with Crippen LogP contribution in [-0.4, -0.2) is 26.8 Å². The van der Waals surface area contributed by atoms with Crippen molar-refractivity contribution in [3.05, 3.63) is 28.8 Å². The summed E-state index contributed by atoms with van der Waals surface area (Å²) in [7, 11) is 0. The molecular formula is C13H16ClN5S. The van der Waals surface area contributed by atoms with E-state index in [1.54, 1.807) is 11.8 Å². The molecule has 1 aromatic carbocycles. The lowest BCUT2D eigenvalue weighted by molar-refractivity contribution is 0.565. The molecule has 1 aromatic heterocycles. The van der Waals surface area contributed by atoms with Crippen molar-refractivity contribution in [2.75, 3.05) is 6.54 Å². The fourth-order valence-corrected chi connectivity index (χ4v) is 3.18. The van der Waals surface area contributed by atoms with Gasteiger partial charge in [-0.15, -0.1) is 5.10 Å². The summed E-state index contributed by atoms with van der Waals surface area (Å²) in [5.41, 5.74) is 1.21. The number of nitrogens with zero attached hydrogens (tertiary/aromatic N) is 4. The second kappa shape index (κ2) is 6.11. The molecule has 0 amide bonds. The third kappa shape index (κ3) is 3.13. The SMILES string of the molecule is CCNCc1ccc(Cl)cc1Sc1nnnn1C1CC1. The molecule has 7 heteroatoms. The van der Waals surface area contributed by atoms with Gasteiger partial charge >= 0.3 is 0 Å². The molecule has 0 radical (unpaired) electrons. The molecular weight excluding hydrogens is 294 g/mol. The Morgan fingerprint density at radius 1 is 1.45 bits per heavy atom. The molecule has 1 fully saturated rings. The van der Waals surface area contributed by atoms with E-state index >= 15 is 0 Å². The highest BCUT2D eigenvalue weighted by Gasteiger charge is 2.28. The van der Waals surface area contributed by atoms with Gasteiger partial charge in [0.2, 0.25) is 5.16 Å². The van der Waals surface area contributed by atoms with Crippen molar-refractivity contribution in [1.29, 1.82) is 0 Å². The molecule has 0 bridgehead atoms. The Hall–Kier alpha value is -1.11. The topological polar surface area (TPSA) is 55.6 Å². The number of hydrogen-bond donors (Lipinski definition) is 1. The van der Waals surface area contributed by atoms with Gasteiger partial charge in [0.05, 0.1) is 6.04 Å². The zero-order valence-electron chi connectivity index (χ0n) is 11.2. The summed E-state index contributed by atoms with van der Waals surface area (Å²) in [4.78, 5) is 1.11. The molecule has 20 heavy (non-hydrogen) atoms. The minimum Gasteiger partial charge on any atom is -0.313 e. The van der Waals surface area contributed by atoms with E-state index in [0.717, 1.165) is 28.2 Å². The van der Waals surface area contributed by atoms with Gasteiger partial charge in [-0.3, -0.25) is 0 Å². The number of rotatable bonds is 6. The van der Waals surface area contributed by atoms with E-state index in [2.05, 4.69) is 33.8 Å². The van der Waals surface area contributed by atoms with Crippen molar-refractivity contribution in [2.24, 2.45) is 0 Å². The number of hydrogen-bond acceptors (Lipinski definition) is 5. The molecule has 1 heterocycles. The summed E-state index contributed by atoms with van der Waals surface area (Å²) >= 11 is 7.70. The molecule has 0 unspecified atom stereocenters. The van der Waals surface area contributed by atoms with Crippen LogP contribution in [0.5, 0.6) is 0 Å². The van der Waals surface area contributed by atoms with Gasteiger partial charge < -0.3 is 5.32 Å². The van der Waals surface area contributed by atoms with Gasteiger partial charge in [-0.2, -0.15) is 0 Å². The smallest absolute Gasteiger partial charge is 0.214 e. The predicted molar refractivity (Wildman–Crippen MR) is 79.0 cm³/mol. The Morgan fingerprint density at radius 2 is 2.30 bits per heavy atom. The van der Waals surface area contributed by atoms with Gasteiger partial charge in [0.25, 0.3) is 0 Å². The van der Waals surface area contributed by atoms with Crippen LogP contribution in [0.4, 0.5) is 0 Å². The Morgan fingerprint density at radius 3 is 3.05 bits per heavy atom. The van der Waals surface area contributed by atoms with Gasteiger partial charge in [0.15, 0.2) is 0 Å². The first-order valence-corrected chi connectivity index (χ1v) is 7.92. The maximum atomic E-state index is 6.11. The van der Waals surface area contributed by atoms with E-state index in [1.807, 2.05) is 16.8 Å². The molecule has 1 N–H and O–H groups in total. The summed E-state index contributed by atoms with van der Waals surface area (Å²) in [6.45, 7) is 3.85. The Bertz CT molecular complexity index is 596. The van der Waals surface area contributed by atoms with E-state index < -0.39 is 0 Å². The largest absolute Gasteiger partial charge is 0.313 e. The fraction of sp³-hybridized carbons (Fsp3) is 0.462. The number of nitrogens with one attached hydrogen (secondary N) is 1. The van der Waals surface area contributed by atoms with Crippen LogP contribution in [-0.2, 0) is 6.54 Å². The van der Waals surface area contributed by atoms with Gasteiger partial charge in [-0.1, -0.05) is 24.6 Å². The van der Waals surface area contributed by atoms with E-state index in [0.29, 0.717) is 6.04 Å². The number of tetrazole rings is 1. The first kappa shape index (κ1) is 13.9. The molecule has 5 nitrogen and oxygen atoms in total. The monoisotopic (exact) mass is 309 g/mol. The third-order valence-corrected chi connectivity index (χ3v) is 4.44. The summed E-state index contributed by atoms with van der Waals surface area (Å²) in [6.07, 6.45) is 2.33. The molecule has 0 aliphatic heterocycles. The minimum atomic E-state index is 0.476. The molecule has 3 rings (SSSR count). The van der Waals surface area contributed by atoms with Crippen LogP contribution in [0, 0.1) is 0 Å². The lowest BCUT2D eigenvalue weighted by Gasteiger charge is -2.10. The van der Waals surface area contributed by atoms with Crippen molar-refractivity contribution in [3.8, 4) is 0 Å². The molecule has 0 spiro atoms. The van der Waals surface area contributed by atoms with Crippen LogP contribution < -0.4 is 5.32 Å². The van der Waals surface area contributed by atoms with Gasteiger partial charge in [-0.25, -0.2) is 4.68 Å². The first-order chi connectivity index (χ1) is 9.78. The molecule has 106 valence electrons. The van der Waals surface area contributed by atoms with Crippen LogP contribution in [0.25, 0.3) is 0 Å². The van der Waals surface area contributed by atoms with Crippen molar-refractivity contribution in [2.45, 2.75) is 42.4 Å². The minimum absolute atomic E-state index is 0.476. The number of benzene rings is 1. The predicted octanol–water partition coefficient (Wildman–Crippen LogP) is 2.92. The van der Waals surface area contributed by atoms with E-state index in [1.165, 1.54) is 18.4 Å². The van der Waals surface area contributed by atoms with Crippen LogP contribution in [0.15, 0.2) is 28.3 Å². The Labute approximate surface area is 127 Å². The summed E-state index contributed by atoms with van der Waals surface area (Å²) < 4.78 is 1.92. The summed E-state index contributed by atoms with van der Waals surface area (Å²) in [5.74, 6) is 0. The van der Waals surface area contributed by atoms with Crippen LogP contribution in [0.3, 0.4) is 0 Å². The second-order valence-electron chi connectivity index (χ2n) is 4.77. The average Bonchev–Trinajstić information content (AvgIpc) is 3.18. The van der Waals surface area contributed by atoms with E-state index in [-0.39, 0.29) is 0 Å². The Kier molecular flexibility index (Phi) is 4.24. The van der Waals surface area contributed by atoms with Gasteiger partial charge in [0, 0.05) is 16.5 Å². The Balaban J connectivity index is 1.84. The lowest BCUT2D eigenvalue weighted by Crippen LogP contribution is -2.12. The van der Waals surface area contributed by atoms with Gasteiger partial charge in [-0.05, 0) is 59.3 Å². The average molecular weight is 310 g/mol. The molecule has 2 aromatic rings. The van der Waals surface area contributed by atoms with Crippen molar-refractivity contribution in [1.82, 2.24) is 25.5 Å². The maximum absolute atomic E-state index is 6.11. The van der Waals surface area contributed by atoms with Crippen LogP contribution in [0.2, 0.25) is 5.02 Å². The van der Waals surface area contributed by atoms with Crippen molar-refractivity contribution in [3.63, 3.8) is 0 Å². The van der Waals surface area contributed by atoms with Crippen LogP contribution in [0.1, 0.15) is 31.4 Å². The highest BCUT2D eigenvalue weighted by atomic mass is 35.5. The van der Waals surface area contributed by atoms with Crippen molar-refractivity contribution < 1.29 is 0 Å². The highest BCUT2D eigenvalue weighted by molar-refractivity contribution is 7.99. The third-order valence-electron chi connectivity index (χ3n) is 3.15. The molecule has 1 saturated carbocycles. The van der Waals surface area contributed by atoms with Crippen molar-refractivity contribution >= 4 is 23.4 Å². The zero-order chi connectivity index (χ0) is 13.9. The van der Waals surface area contributed by atoms with E-state index in [4.69, 9.17) is 11.6 Å². The van der Waals surface area contributed by atoms with E-state index in [9.17, 15) is 0 Å². The summed E-state index contributed by atoms with van der Waals surface area (Å²) in [6, 6.07) is 6.43. The maximum Gasteiger partial charge on any atom is 0.214 e. The fourth-order valence-electron chi connectivity index (χ4n) is 1.93. The van der Waals surface area contributed by atoms with Gasteiger partial charge in [0.1, 0.15) is 0 Å². The zero-order valence-corrected chi connectivity index (χ0v) is 12.8. The standard InChI is InChI=1S/C13H16ClN5S/c1-2-15-8-9-3-4-10(14)7-12(9)20-13-16-17-18-19(13)11-5-6-11/h3-4,7,11,15H,2,5-6,8H2,1H3. The first-order valence-electron chi connectivity index (χ1n) is 6.72. The second-order valence-corrected chi connectivity index (χ2v) is 6.22. The summed E-state index contributed by atoms with van der Waals surface area (Å²) in [5, 5.41) is 16.9. The number of halogens is 1. The number of aromatic nitrogens is 4. The normalized spacial score (nSPS) is 14.7. The quantitative estimate of drug-likeness (QED) is 0.889. The lowest BCUT2D eigenvalue weighted by atomic mass is 10.2. The molecule has 1 aliphatic carbocycles. The van der Waals surface area contributed by atoms with Crippen LogP contribution >= 0.6 is 23.4 Å². The molecule has 0 saturated heterocycles. The highest BCUT2D eigenvalue weighted by Crippen LogP contribution is 2.39. The molecule has 0 atom stereocenters. The molecule has 1 aliphatic rings.